The topological polar surface area (TPSA) is 66.9 Å². The summed E-state index contributed by atoms with van der Waals surface area (Å²) in [5, 5.41) is 8.82. The molecule has 4 rings (SSSR count). The minimum absolute atomic E-state index is 0.0228. The first-order valence-electron chi connectivity index (χ1n) is 10.6. The number of fused-ring (bicyclic) bond motifs is 1. The summed E-state index contributed by atoms with van der Waals surface area (Å²) in [6.07, 6.45) is 8.77. The predicted molar refractivity (Wildman–Crippen MR) is 124 cm³/mol. The van der Waals surface area contributed by atoms with Crippen molar-refractivity contribution in [2.45, 2.75) is 18.9 Å². The van der Waals surface area contributed by atoms with Crippen molar-refractivity contribution in [3.8, 4) is 0 Å². The van der Waals surface area contributed by atoms with Gasteiger partial charge in [0.25, 0.3) is 0 Å². The van der Waals surface area contributed by atoms with Crippen molar-refractivity contribution in [3.05, 3.63) is 108 Å². The van der Waals surface area contributed by atoms with E-state index in [0.717, 1.165) is 40.3 Å². The molecule has 0 saturated heterocycles. The highest BCUT2D eigenvalue weighted by molar-refractivity contribution is 5.87. The van der Waals surface area contributed by atoms with Crippen LogP contribution < -0.4 is 10.6 Å². The number of nitrogens with zero attached hydrogens (tertiary/aromatic N) is 2. The van der Waals surface area contributed by atoms with E-state index in [9.17, 15) is 4.79 Å². The standard InChI is InChI=1S/C26H26N4O/c31-26(30-16-12-21-6-4-14-28-19-21)25(29-15-11-20-5-3-13-27-18-20)24-10-9-22-7-1-2-8-23(22)17-24/h1-10,13-14,17-19,25,29H,11-12,15-16H2,(H,30,31). The number of rotatable bonds is 9. The highest BCUT2D eigenvalue weighted by Crippen LogP contribution is 2.21. The van der Waals surface area contributed by atoms with Gasteiger partial charge >= 0.3 is 0 Å². The van der Waals surface area contributed by atoms with Gasteiger partial charge in [-0.15, -0.1) is 0 Å². The first-order chi connectivity index (χ1) is 15.3. The maximum Gasteiger partial charge on any atom is 0.241 e. The van der Waals surface area contributed by atoms with Gasteiger partial charge in [-0.25, -0.2) is 0 Å². The second-order valence-electron chi connectivity index (χ2n) is 7.51. The molecular weight excluding hydrogens is 384 g/mol. The van der Waals surface area contributed by atoms with Crippen LogP contribution in [0.25, 0.3) is 10.8 Å². The van der Waals surface area contributed by atoms with Gasteiger partial charge in [0.1, 0.15) is 6.04 Å². The lowest BCUT2D eigenvalue weighted by molar-refractivity contribution is -0.123. The fourth-order valence-corrected chi connectivity index (χ4v) is 3.63. The molecule has 0 bridgehead atoms. The number of carbonyl (C=O) groups excluding carboxylic acids is 1. The molecule has 0 aliphatic carbocycles. The van der Waals surface area contributed by atoms with Gasteiger partial charge in [0, 0.05) is 37.9 Å². The zero-order chi connectivity index (χ0) is 21.3. The van der Waals surface area contributed by atoms with Crippen LogP contribution in [0.1, 0.15) is 22.7 Å². The number of pyridine rings is 2. The van der Waals surface area contributed by atoms with E-state index < -0.39 is 6.04 Å². The molecule has 1 atom stereocenters. The third kappa shape index (κ3) is 5.74. The molecule has 31 heavy (non-hydrogen) atoms. The summed E-state index contributed by atoms with van der Waals surface area (Å²) < 4.78 is 0. The Morgan fingerprint density at radius 2 is 1.45 bits per heavy atom. The van der Waals surface area contributed by atoms with Crippen LogP contribution >= 0.6 is 0 Å². The van der Waals surface area contributed by atoms with E-state index >= 15 is 0 Å². The molecule has 2 heterocycles. The lowest BCUT2D eigenvalue weighted by atomic mass is 10.0. The summed E-state index contributed by atoms with van der Waals surface area (Å²) in [7, 11) is 0. The molecule has 2 aromatic heterocycles. The number of nitrogens with one attached hydrogen (secondary N) is 2. The van der Waals surface area contributed by atoms with E-state index in [0.29, 0.717) is 13.1 Å². The molecule has 0 spiro atoms. The molecule has 5 nitrogen and oxygen atoms in total. The largest absolute Gasteiger partial charge is 0.354 e. The monoisotopic (exact) mass is 410 g/mol. The quantitative estimate of drug-likeness (QED) is 0.440. The first-order valence-corrected chi connectivity index (χ1v) is 10.6. The van der Waals surface area contributed by atoms with Gasteiger partial charge in [-0.1, -0.05) is 48.5 Å². The van der Waals surface area contributed by atoms with Gasteiger partial charge in [0.2, 0.25) is 5.91 Å². The van der Waals surface area contributed by atoms with Gasteiger partial charge < -0.3 is 10.6 Å². The fourth-order valence-electron chi connectivity index (χ4n) is 3.63. The van der Waals surface area contributed by atoms with Crippen LogP contribution in [0.3, 0.4) is 0 Å². The van der Waals surface area contributed by atoms with E-state index in [4.69, 9.17) is 0 Å². The van der Waals surface area contributed by atoms with Crippen LogP contribution in [0.15, 0.2) is 91.5 Å². The molecule has 0 aliphatic rings. The number of hydrogen-bond donors (Lipinski definition) is 2. The molecule has 2 N–H and O–H groups in total. The molecule has 0 aliphatic heterocycles. The Bertz CT molecular complexity index is 1120. The Labute approximate surface area is 182 Å². The van der Waals surface area contributed by atoms with Crippen molar-refractivity contribution in [2.24, 2.45) is 0 Å². The summed E-state index contributed by atoms with van der Waals surface area (Å²) in [5.41, 5.74) is 3.21. The van der Waals surface area contributed by atoms with Crippen molar-refractivity contribution in [2.75, 3.05) is 13.1 Å². The molecular formula is C26H26N4O. The van der Waals surface area contributed by atoms with E-state index in [1.165, 1.54) is 0 Å². The van der Waals surface area contributed by atoms with Crippen LogP contribution in [0.4, 0.5) is 0 Å². The molecule has 4 aromatic rings. The average Bonchev–Trinajstić information content (AvgIpc) is 2.83. The lowest BCUT2D eigenvalue weighted by Crippen LogP contribution is -2.39. The number of amides is 1. The van der Waals surface area contributed by atoms with Crippen LogP contribution in [-0.2, 0) is 17.6 Å². The van der Waals surface area contributed by atoms with Crippen molar-refractivity contribution in [3.63, 3.8) is 0 Å². The molecule has 0 fully saturated rings. The molecule has 0 saturated carbocycles. The third-order valence-electron chi connectivity index (χ3n) is 5.29. The second kappa shape index (κ2) is 10.5. The Hall–Kier alpha value is -3.57. The summed E-state index contributed by atoms with van der Waals surface area (Å²) >= 11 is 0. The zero-order valence-corrected chi connectivity index (χ0v) is 17.4. The minimum atomic E-state index is -0.421. The molecule has 1 unspecified atom stereocenters. The number of carbonyl (C=O) groups is 1. The number of aromatic nitrogens is 2. The first kappa shape index (κ1) is 20.7. The maximum absolute atomic E-state index is 13.1. The lowest BCUT2D eigenvalue weighted by Gasteiger charge is -2.20. The van der Waals surface area contributed by atoms with E-state index in [1.54, 1.807) is 12.4 Å². The molecule has 2 aromatic carbocycles. The molecule has 156 valence electrons. The smallest absolute Gasteiger partial charge is 0.241 e. The summed E-state index contributed by atoms with van der Waals surface area (Å²) in [5.74, 6) is -0.0228. The highest BCUT2D eigenvalue weighted by atomic mass is 16.2. The second-order valence-corrected chi connectivity index (χ2v) is 7.51. The van der Waals surface area contributed by atoms with Gasteiger partial charge in [0.05, 0.1) is 0 Å². The number of benzene rings is 2. The van der Waals surface area contributed by atoms with Gasteiger partial charge in [-0.2, -0.15) is 0 Å². The maximum atomic E-state index is 13.1. The normalized spacial score (nSPS) is 11.9. The Morgan fingerprint density at radius 3 is 2.13 bits per heavy atom. The zero-order valence-electron chi connectivity index (χ0n) is 17.4. The van der Waals surface area contributed by atoms with Crippen molar-refractivity contribution in [1.82, 2.24) is 20.6 Å². The van der Waals surface area contributed by atoms with Crippen LogP contribution in [0, 0.1) is 0 Å². The van der Waals surface area contributed by atoms with Crippen LogP contribution in [0.2, 0.25) is 0 Å². The summed E-state index contributed by atoms with van der Waals surface area (Å²) in [4.78, 5) is 21.4. The van der Waals surface area contributed by atoms with E-state index in [1.807, 2.05) is 54.9 Å². The third-order valence-corrected chi connectivity index (χ3v) is 5.29. The van der Waals surface area contributed by atoms with Crippen LogP contribution in [0.5, 0.6) is 0 Å². The predicted octanol–water partition coefficient (Wildman–Crippen LogP) is 3.86. The van der Waals surface area contributed by atoms with Gasteiger partial charge in [-0.3, -0.25) is 14.8 Å². The van der Waals surface area contributed by atoms with Gasteiger partial charge in [-0.05, 0) is 58.5 Å². The van der Waals surface area contributed by atoms with Gasteiger partial charge in [0.15, 0.2) is 0 Å². The fraction of sp³-hybridized carbons (Fsp3) is 0.192. The Kier molecular flexibility index (Phi) is 6.98. The average molecular weight is 411 g/mol. The highest BCUT2D eigenvalue weighted by Gasteiger charge is 2.20. The molecule has 1 amide bonds. The van der Waals surface area contributed by atoms with Crippen molar-refractivity contribution >= 4 is 16.7 Å². The number of hydrogen-bond acceptors (Lipinski definition) is 4. The SMILES string of the molecule is O=C(NCCc1cccnc1)C(NCCc1cccnc1)c1ccc2ccccc2c1. The van der Waals surface area contributed by atoms with Crippen molar-refractivity contribution in [1.29, 1.82) is 0 Å². The van der Waals surface area contributed by atoms with Crippen LogP contribution in [-0.4, -0.2) is 29.0 Å². The molecule has 5 heteroatoms. The van der Waals surface area contributed by atoms with Crippen molar-refractivity contribution < 1.29 is 4.79 Å². The molecule has 0 radical (unpaired) electrons. The minimum Gasteiger partial charge on any atom is -0.354 e. The van der Waals surface area contributed by atoms with E-state index in [-0.39, 0.29) is 5.91 Å². The summed E-state index contributed by atoms with van der Waals surface area (Å²) in [6.45, 7) is 1.25. The Balaban J connectivity index is 1.45. The summed E-state index contributed by atoms with van der Waals surface area (Å²) in [6, 6.07) is 21.9. The van der Waals surface area contributed by atoms with E-state index in [2.05, 4.69) is 44.9 Å². The Morgan fingerprint density at radius 1 is 0.774 bits per heavy atom.